The molecule has 2 N–H and O–H groups in total. The summed E-state index contributed by atoms with van der Waals surface area (Å²) in [5.74, 6) is 2.05. The Morgan fingerprint density at radius 3 is 2.45 bits per heavy atom. The lowest BCUT2D eigenvalue weighted by Crippen LogP contribution is -2.50. The maximum atomic E-state index is 6.42. The van der Waals surface area contributed by atoms with Crippen LogP contribution in [0.4, 0.5) is 0 Å². The van der Waals surface area contributed by atoms with E-state index in [0.29, 0.717) is 23.9 Å². The molecule has 1 fully saturated rings. The number of hydrogen-bond acceptors (Lipinski definition) is 4. The first-order valence-electron chi connectivity index (χ1n) is 7.97. The summed E-state index contributed by atoms with van der Waals surface area (Å²) in [6.07, 6.45) is 2.46. The number of nitrogens with zero attached hydrogens (tertiary/aromatic N) is 1. The zero-order chi connectivity index (χ0) is 15.1. The van der Waals surface area contributed by atoms with E-state index in [1.54, 1.807) is 14.2 Å². The van der Waals surface area contributed by atoms with E-state index in [4.69, 9.17) is 15.2 Å². The fraction of sp³-hybridized carbons (Fsp3) is 1.00. The number of methoxy groups -OCH3 is 2. The fourth-order valence-corrected chi connectivity index (χ4v) is 3.60. The second-order valence-electron chi connectivity index (χ2n) is 6.67. The number of hydrogen-bond donors (Lipinski definition) is 1. The highest BCUT2D eigenvalue weighted by molar-refractivity contribution is 4.88. The van der Waals surface area contributed by atoms with Gasteiger partial charge in [-0.3, -0.25) is 4.90 Å². The van der Waals surface area contributed by atoms with Crippen molar-refractivity contribution >= 4 is 0 Å². The lowest BCUT2D eigenvalue weighted by Gasteiger charge is -2.41. The standard InChI is InChI=1S/C16H34N2O2/c1-12-8-13(2)15(16(17)9-12)10-18(6-7-19-4)14(3)11-20-5/h12-16H,6-11,17H2,1-5H3. The van der Waals surface area contributed by atoms with Gasteiger partial charge in [0.25, 0.3) is 0 Å². The minimum Gasteiger partial charge on any atom is -0.383 e. The molecule has 4 heteroatoms. The van der Waals surface area contributed by atoms with Gasteiger partial charge in [-0.05, 0) is 37.5 Å². The van der Waals surface area contributed by atoms with Crippen LogP contribution in [0.1, 0.15) is 33.6 Å². The van der Waals surface area contributed by atoms with Crippen LogP contribution in [0, 0.1) is 17.8 Å². The molecule has 0 aliphatic heterocycles. The Morgan fingerprint density at radius 2 is 1.90 bits per heavy atom. The molecule has 0 bridgehead atoms. The molecule has 20 heavy (non-hydrogen) atoms. The van der Waals surface area contributed by atoms with Gasteiger partial charge in [-0.2, -0.15) is 0 Å². The number of nitrogens with two attached hydrogens (primary N) is 1. The van der Waals surface area contributed by atoms with Crippen molar-refractivity contribution in [2.24, 2.45) is 23.5 Å². The molecule has 5 atom stereocenters. The molecular weight excluding hydrogens is 252 g/mol. The molecule has 0 aromatic rings. The van der Waals surface area contributed by atoms with E-state index in [1.165, 1.54) is 6.42 Å². The maximum absolute atomic E-state index is 6.42. The lowest BCUT2D eigenvalue weighted by atomic mass is 9.72. The first-order chi connectivity index (χ1) is 9.49. The molecule has 1 rings (SSSR count). The molecule has 5 unspecified atom stereocenters. The Balaban J connectivity index is 2.62. The normalized spacial score (nSPS) is 32.5. The first kappa shape index (κ1) is 17.9. The summed E-state index contributed by atoms with van der Waals surface area (Å²) in [7, 11) is 3.53. The second-order valence-corrected chi connectivity index (χ2v) is 6.67. The van der Waals surface area contributed by atoms with Crippen LogP contribution in [-0.4, -0.2) is 57.5 Å². The maximum Gasteiger partial charge on any atom is 0.0615 e. The molecule has 0 saturated heterocycles. The van der Waals surface area contributed by atoms with Gasteiger partial charge in [-0.25, -0.2) is 0 Å². The van der Waals surface area contributed by atoms with Crippen LogP contribution in [0.2, 0.25) is 0 Å². The fourth-order valence-electron chi connectivity index (χ4n) is 3.60. The SMILES string of the molecule is COCCN(CC1C(C)CC(C)CC1N)C(C)COC. The summed E-state index contributed by atoms with van der Waals surface area (Å²) < 4.78 is 10.6. The summed E-state index contributed by atoms with van der Waals surface area (Å²) >= 11 is 0. The van der Waals surface area contributed by atoms with Crippen LogP contribution in [0.5, 0.6) is 0 Å². The predicted molar refractivity (Wildman–Crippen MR) is 83.8 cm³/mol. The minimum atomic E-state index is 0.327. The third-order valence-corrected chi connectivity index (χ3v) is 4.79. The van der Waals surface area contributed by atoms with Crippen molar-refractivity contribution in [3.63, 3.8) is 0 Å². The number of rotatable bonds is 8. The highest BCUT2D eigenvalue weighted by Gasteiger charge is 2.33. The molecule has 0 aromatic carbocycles. The molecule has 4 nitrogen and oxygen atoms in total. The topological polar surface area (TPSA) is 47.7 Å². The molecule has 1 aliphatic carbocycles. The minimum absolute atomic E-state index is 0.327. The van der Waals surface area contributed by atoms with Gasteiger partial charge in [-0.15, -0.1) is 0 Å². The summed E-state index contributed by atoms with van der Waals surface area (Å²) in [4.78, 5) is 2.48. The molecule has 0 aromatic heterocycles. The summed E-state index contributed by atoms with van der Waals surface area (Å²) in [6.45, 7) is 10.4. The number of ether oxygens (including phenoxy) is 2. The van der Waals surface area contributed by atoms with Crippen LogP contribution in [0.15, 0.2) is 0 Å². The third kappa shape index (κ3) is 5.32. The van der Waals surface area contributed by atoms with E-state index in [9.17, 15) is 0 Å². The third-order valence-electron chi connectivity index (χ3n) is 4.79. The average molecular weight is 286 g/mol. The van der Waals surface area contributed by atoms with Crippen molar-refractivity contribution in [3.8, 4) is 0 Å². The zero-order valence-corrected chi connectivity index (χ0v) is 14.0. The highest BCUT2D eigenvalue weighted by Crippen LogP contribution is 2.33. The van der Waals surface area contributed by atoms with Crippen LogP contribution in [0.3, 0.4) is 0 Å². The molecule has 120 valence electrons. The summed E-state index contributed by atoms with van der Waals surface area (Å²) in [5, 5.41) is 0. The van der Waals surface area contributed by atoms with Crippen LogP contribution >= 0.6 is 0 Å². The second kappa shape index (κ2) is 8.98. The van der Waals surface area contributed by atoms with Gasteiger partial charge < -0.3 is 15.2 Å². The lowest BCUT2D eigenvalue weighted by molar-refractivity contribution is 0.0423. The van der Waals surface area contributed by atoms with E-state index in [2.05, 4.69) is 25.7 Å². The molecule has 1 aliphatic rings. The Bertz CT molecular complexity index is 251. The van der Waals surface area contributed by atoms with Gasteiger partial charge in [0.1, 0.15) is 0 Å². The van der Waals surface area contributed by atoms with Gasteiger partial charge in [0, 0.05) is 39.4 Å². The molecule has 0 amide bonds. The summed E-state index contributed by atoms with van der Waals surface area (Å²) in [6, 6.07) is 0.738. The highest BCUT2D eigenvalue weighted by atomic mass is 16.5. The Labute approximate surface area is 125 Å². The van der Waals surface area contributed by atoms with Crippen molar-refractivity contribution in [1.82, 2.24) is 4.90 Å². The van der Waals surface area contributed by atoms with E-state index < -0.39 is 0 Å². The van der Waals surface area contributed by atoms with Gasteiger partial charge in [-0.1, -0.05) is 13.8 Å². The van der Waals surface area contributed by atoms with Crippen LogP contribution < -0.4 is 5.73 Å². The average Bonchev–Trinajstić information content (AvgIpc) is 2.37. The Morgan fingerprint density at radius 1 is 1.20 bits per heavy atom. The first-order valence-corrected chi connectivity index (χ1v) is 7.97. The van der Waals surface area contributed by atoms with Crippen LogP contribution in [0.25, 0.3) is 0 Å². The van der Waals surface area contributed by atoms with Crippen molar-refractivity contribution in [3.05, 3.63) is 0 Å². The van der Waals surface area contributed by atoms with Crippen molar-refractivity contribution in [2.75, 3.05) is 40.5 Å². The monoisotopic (exact) mass is 286 g/mol. The molecule has 1 saturated carbocycles. The van der Waals surface area contributed by atoms with E-state index in [1.807, 2.05) is 0 Å². The van der Waals surface area contributed by atoms with Crippen molar-refractivity contribution in [1.29, 1.82) is 0 Å². The smallest absolute Gasteiger partial charge is 0.0615 e. The van der Waals surface area contributed by atoms with Gasteiger partial charge in [0.2, 0.25) is 0 Å². The predicted octanol–water partition coefficient (Wildman–Crippen LogP) is 1.98. The van der Waals surface area contributed by atoms with Crippen LogP contribution in [-0.2, 0) is 9.47 Å². The van der Waals surface area contributed by atoms with E-state index in [0.717, 1.165) is 38.6 Å². The molecule has 0 radical (unpaired) electrons. The Kier molecular flexibility index (Phi) is 8.03. The molecule has 0 spiro atoms. The van der Waals surface area contributed by atoms with Crippen molar-refractivity contribution in [2.45, 2.75) is 45.7 Å². The van der Waals surface area contributed by atoms with E-state index in [-0.39, 0.29) is 0 Å². The largest absolute Gasteiger partial charge is 0.383 e. The quantitative estimate of drug-likeness (QED) is 0.741. The molecular formula is C16H34N2O2. The Hall–Kier alpha value is -0.160. The van der Waals surface area contributed by atoms with Gasteiger partial charge in [0.05, 0.1) is 13.2 Å². The van der Waals surface area contributed by atoms with Crippen molar-refractivity contribution < 1.29 is 9.47 Å². The van der Waals surface area contributed by atoms with Gasteiger partial charge in [0.15, 0.2) is 0 Å². The summed E-state index contributed by atoms with van der Waals surface area (Å²) in [5.41, 5.74) is 6.42. The van der Waals surface area contributed by atoms with Gasteiger partial charge >= 0.3 is 0 Å². The molecule has 0 heterocycles. The van der Waals surface area contributed by atoms with E-state index >= 15 is 0 Å². The zero-order valence-electron chi connectivity index (χ0n) is 14.0.